The first-order chi connectivity index (χ1) is 13.8. The van der Waals surface area contributed by atoms with E-state index in [1.54, 1.807) is 4.90 Å². The number of nitro benzene ring substituents is 1. The van der Waals surface area contributed by atoms with E-state index in [9.17, 15) is 19.7 Å². The SMILES string of the molecule is CC(C)c1ccc(CN(C(=O)CNC(=O)c2cccc([N+](=O)[O-])c2)C2CC2)cc1. The predicted molar refractivity (Wildman–Crippen MR) is 110 cm³/mol. The molecule has 0 radical (unpaired) electrons. The van der Waals surface area contributed by atoms with E-state index in [2.05, 4.69) is 31.3 Å². The second kappa shape index (κ2) is 8.86. The van der Waals surface area contributed by atoms with Crippen molar-refractivity contribution in [3.63, 3.8) is 0 Å². The van der Waals surface area contributed by atoms with Crippen molar-refractivity contribution in [3.05, 3.63) is 75.3 Å². The fourth-order valence-electron chi connectivity index (χ4n) is 3.13. The summed E-state index contributed by atoms with van der Waals surface area (Å²) in [6.07, 6.45) is 1.93. The first-order valence-corrected chi connectivity index (χ1v) is 9.76. The molecule has 0 spiro atoms. The quantitative estimate of drug-likeness (QED) is 0.545. The van der Waals surface area contributed by atoms with Crippen molar-refractivity contribution in [2.75, 3.05) is 6.54 Å². The van der Waals surface area contributed by atoms with Crippen LogP contribution in [0.2, 0.25) is 0 Å². The van der Waals surface area contributed by atoms with Crippen LogP contribution in [-0.4, -0.2) is 34.2 Å². The van der Waals surface area contributed by atoms with Gasteiger partial charge < -0.3 is 10.2 Å². The van der Waals surface area contributed by atoms with Crippen molar-refractivity contribution in [2.24, 2.45) is 0 Å². The monoisotopic (exact) mass is 395 g/mol. The average molecular weight is 395 g/mol. The van der Waals surface area contributed by atoms with Gasteiger partial charge in [-0.1, -0.05) is 44.2 Å². The van der Waals surface area contributed by atoms with E-state index in [1.165, 1.54) is 29.8 Å². The van der Waals surface area contributed by atoms with Crippen LogP contribution >= 0.6 is 0 Å². The molecule has 0 aliphatic heterocycles. The zero-order valence-corrected chi connectivity index (χ0v) is 16.6. The van der Waals surface area contributed by atoms with Crippen molar-refractivity contribution < 1.29 is 14.5 Å². The summed E-state index contributed by atoms with van der Waals surface area (Å²) in [5.74, 6) is -0.201. The van der Waals surface area contributed by atoms with Gasteiger partial charge >= 0.3 is 0 Å². The molecule has 7 nitrogen and oxygen atoms in total. The van der Waals surface area contributed by atoms with Gasteiger partial charge in [-0.05, 0) is 36.0 Å². The third-order valence-corrected chi connectivity index (χ3v) is 5.03. The van der Waals surface area contributed by atoms with Gasteiger partial charge in [0.1, 0.15) is 0 Å². The highest BCUT2D eigenvalue weighted by atomic mass is 16.6. The largest absolute Gasteiger partial charge is 0.343 e. The highest BCUT2D eigenvalue weighted by molar-refractivity contribution is 5.97. The van der Waals surface area contributed by atoms with Gasteiger partial charge in [-0.3, -0.25) is 19.7 Å². The lowest BCUT2D eigenvalue weighted by molar-refractivity contribution is -0.384. The van der Waals surface area contributed by atoms with Crippen LogP contribution in [0.5, 0.6) is 0 Å². The van der Waals surface area contributed by atoms with E-state index in [4.69, 9.17) is 0 Å². The Morgan fingerprint density at radius 2 is 1.86 bits per heavy atom. The molecule has 2 aromatic carbocycles. The van der Waals surface area contributed by atoms with Crippen molar-refractivity contribution >= 4 is 17.5 Å². The number of non-ortho nitro benzene ring substituents is 1. The molecular formula is C22H25N3O4. The Balaban J connectivity index is 1.60. The third kappa shape index (κ3) is 5.40. The maximum atomic E-state index is 12.7. The fourth-order valence-corrected chi connectivity index (χ4v) is 3.13. The predicted octanol–water partition coefficient (Wildman–Crippen LogP) is 3.64. The van der Waals surface area contributed by atoms with Gasteiger partial charge in [0.15, 0.2) is 0 Å². The number of carbonyl (C=O) groups is 2. The summed E-state index contributed by atoms with van der Waals surface area (Å²) < 4.78 is 0. The van der Waals surface area contributed by atoms with Gasteiger partial charge in [0, 0.05) is 30.3 Å². The number of rotatable bonds is 8. The topological polar surface area (TPSA) is 92.6 Å². The standard InChI is InChI=1S/C22H25N3O4/c1-15(2)17-8-6-16(7-9-17)14-24(19-10-11-19)21(26)13-23-22(27)18-4-3-5-20(12-18)25(28)29/h3-9,12,15,19H,10-11,13-14H2,1-2H3,(H,23,27). The Bertz CT molecular complexity index is 905. The minimum absolute atomic E-state index is 0.137. The maximum Gasteiger partial charge on any atom is 0.270 e. The number of hydrogen-bond acceptors (Lipinski definition) is 4. The molecular weight excluding hydrogens is 370 g/mol. The van der Waals surface area contributed by atoms with E-state index >= 15 is 0 Å². The highest BCUT2D eigenvalue weighted by Gasteiger charge is 2.32. The fraction of sp³-hybridized carbons (Fsp3) is 0.364. The van der Waals surface area contributed by atoms with Crippen LogP contribution in [0.15, 0.2) is 48.5 Å². The molecule has 7 heteroatoms. The Kier molecular flexibility index (Phi) is 6.26. The first kappa shape index (κ1) is 20.5. The Labute approximate surface area is 169 Å². The summed E-state index contributed by atoms with van der Waals surface area (Å²) in [4.78, 5) is 37.1. The summed E-state index contributed by atoms with van der Waals surface area (Å²) in [6, 6.07) is 13.9. The van der Waals surface area contributed by atoms with E-state index in [0.717, 1.165) is 18.4 Å². The van der Waals surface area contributed by atoms with Crippen molar-refractivity contribution in [3.8, 4) is 0 Å². The smallest absolute Gasteiger partial charge is 0.270 e. The van der Waals surface area contributed by atoms with Crippen LogP contribution in [0.25, 0.3) is 0 Å². The van der Waals surface area contributed by atoms with Crippen molar-refractivity contribution in [1.82, 2.24) is 10.2 Å². The Hall–Kier alpha value is -3.22. The summed E-state index contributed by atoms with van der Waals surface area (Å²) in [6.45, 7) is 4.65. The molecule has 29 heavy (non-hydrogen) atoms. The van der Waals surface area contributed by atoms with Gasteiger partial charge in [-0.25, -0.2) is 0 Å². The molecule has 2 aromatic rings. The van der Waals surface area contributed by atoms with E-state index in [-0.39, 0.29) is 29.7 Å². The number of nitro groups is 1. The van der Waals surface area contributed by atoms with Crippen molar-refractivity contribution in [1.29, 1.82) is 0 Å². The second-order valence-corrected chi connectivity index (χ2v) is 7.64. The first-order valence-electron chi connectivity index (χ1n) is 9.76. The molecule has 0 unspecified atom stereocenters. The zero-order valence-electron chi connectivity index (χ0n) is 16.6. The Morgan fingerprint density at radius 1 is 1.17 bits per heavy atom. The molecule has 1 aliphatic rings. The number of carbonyl (C=O) groups excluding carboxylic acids is 2. The molecule has 0 aromatic heterocycles. The molecule has 0 bridgehead atoms. The molecule has 0 atom stereocenters. The van der Waals surface area contributed by atoms with Crippen LogP contribution in [-0.2, 0) is 11.3 Å². The lowest BCUT2D eigenvalue weighted by atomic mass is 10.0. The van der Waals surface area contributed by atoms with Gasteiger partial charge in [0.05, 0.1) is 11.5 Å². The highest BCUT2D eigenvalue weighted by Crippen LogP contribution is 2.28. The van der Waals surface area contributed by atoms with Gasteiger partial charge in [0.2, 0.25) is 5.91 Å². The maximum absolute atomic E-state index is 12.7. The number of hydrogen-bond donors (Lipinski definition) is 1. The molecule has 2 amide bonds. The molecule has 1 aliphatic carbocycles. The summed E-state index contributed by atoms with van der Waals surface area (Å²) in [7, 11) is 0. The minimum atomic E-state index is -0.554. The third-order valence-electron chi connectivity index (χ3n) is 5.03. The van der Waals surface area contributed by atoms with Gasteiger partial charge in [0.25, 0.3) is 11.6 Å². The van der Waals surface area contributed by atoms with Crippen LogP contribution in [0.4, 0.5) is 5.69 Å². The number of nitrogens with zero attached hydrogens (tertiary/aromatic N) is 2. The molecule has 152 valence electrons. The summed E-state index contributed by atoms with van der Waals surface area (Å²) >= 11 is 0. The molecule has 1 saturated carbocycles. The van der Waals surface area contributed by atoms with Crippen molar-refractivity contribution in [2.45, 2.75) is 45.2 Å². The lowest BCUT2D eigenvalue weighted by Crippen LogP contribution is -2.41. The lowest BCUT2D eigenvalue weighted by Gasteiger charge is -2.23. The van der Waals surface area contributed by atoms with Crippen LogP contribution in [0.3, 0.4) is 0 Å². The summed E-state index contributed by atoms with van der Waals surface area (Å²) in [5, 5.41) is 13.4. The van der Waals surface area contributed by atoms with E-state index < -0.39 is 10.8 Å². The van der Waals surface area contributed by atoms with Gasteiger partial charge in [-0.15, -0.1) is 0 Å². The molecule has 1 fully saturated rings. The van der Waals surface area contributed by atoms with E-state index in [1.807, 2.05) is 12.1 Å². The van der Waals surface area contributed by atoms with Gasteiger partial charge in [-0.2, -0.15) is 0 Å². The van der Waals surface area contributed by atoms with E-state index in [0.29, 0.717) is 12.5 Å². The average Bonchev–Trinajstić information content (AvgIpc) is 3.55. The second-order valence-electron chi connectivity index (χ2n) is 7.64. The number of nitrogens with one attached hydrogen (secondary N) is 1. The molecule has 1 N–H and O–H groups in total. The molecule has 0 saturated heterocycles. The molecule has 0 heterocycles. The van der Waals surface area contributed by atoms with Crippen LogP contribution in [0.1, 0.15) is 54.1 Å². The Morgan fingerprint density at radius 3 is 2.45 bits per heavy atom. The zero-order chi connectivity index (χ0) is 21.0. The minimum Gasteiger partial charge on any atom is -0.343 e. The normalized spacial score (nSPS) is 13.2. The summed E-state index contributed by atoms with van der Waals surface area (Å²) in [5.41, 5.74) is 2.31. The number of amides is 2. The molecule has 3 rings (SSSR count). The van der Waals surface area contributed by atoms with Crippen LogP contribution < -0.4 is 5.32 Å². The van der Waals surface area contributed by atoms with Crippen LogP contribution in [0, 0.1) is 10.1 Å². The number of benzene rings is 2.